The molecule has 7 heteroatoms. The van der Waals surface area contributed by atoms with E-state index in [2.05, 4.69) is 20.7 Å². The molecule has 4 nitrogen and oxygen atoms in total. The van der Waals surface area contributed by atoms with Crippen molar-refractivity contribution in [1.29, 1.82) is 0 Å². The lowest BCUT2D eigenvalue weighted by Crippen LogP contribution is -2.27. The largest absolute Gasteiger partial charge is 0.397 e. The lowest BCUT2D eigenvalue weighted by Gasteiger charge is -2.15. The van der Waals surface area contributed by atoms with Gasteiger partial charge in [-0.25, -0.2) is 13.1 Å². The zero-order valence-corrected chi connectivity index (χ0v) is 14.3. The van der Waals surface area contributed by atoms with Crippen LogP contribution < -0.4 is 10.5 Å². The van der Waals surface area contributed by atoms with Crippen molar-refractivity contribution in [2.24, 2.45) is 0 Å². The zero-order chi connectivity index (χ0) is 15.6. The summed E-state index contributed by atoms with van der Waals surface area (Å²) in [5, 5.41) is 0.329. The first kappa shape index (κ1) is 16.3. The van der Waals surface area contributed by atoms with Gasteiger partial charge in [-0.05, 0) is 42.8 Å². The van der Waals surface area contributed by atoms with Gasteiger partial charge in [-0.3, -0.25) is 0 Å². The van der Waals surface area contributed by atoms with E-state index in [1.807, 2.05) is 24.3 Å². The van der Waals surface area contributed by atoms with Crippen LogP contribution in [0.4, 0.5) is 5.69 Å². The fraction of sp³-hybridized carbons (Fsp3) is 0.143. The van der Waals surface area contributed by atoms with Gasteiger partial charge in [0, 0.05) is 10.5 Å². The van der Waals surface area contributed by atoms with Gasteiger partial charge in [-0.1, -0.05) is 39.7 Å². The molecule has 0 unspecified atom stereocenters. The minimum Gasteiger partial charge on any atom is -0.397 e. The molecule has 3 N–H and O–H groups in total. The van der Waals surface area contributed by atoms with Crippen molar-refractivity contribution < 1.29 is 8.42 Å². The second kappa shape index (κ2) is 6.36. The van der Waals surface area contributed by atoms with Crippen LogP contribution in [0, 0.1) is 0 Å². The fourth-order valence-corrected chi connectivity index (χ4v) is 3.46. The number of nitrogens with two attached hydrogens (primary N) is 1. The van der Waals surface area contributed by atoms with Crippen molar-refractivity contribution in [1.82, 2.24) is 4.72 Å². The number of anilines is 1. The molecule has 2 aromatic carbocycles. The molecule has 0 aliphatic rings. The summed E-state index contributed by atoms with van der Waals surface area (Å²) in [6, 6.07) is 11.3. The molecule has 0 amide bonds. The van der Waals surface area contributed by atoms with E-state index in [1.54, 1.807) is 6.92 Å². The number of hydrogen-bond donors (Lipinski definition) is 2. The average Bonchev–Trinajstić information content (AvgIpc) is 2.42. The Kier molecular flexibility index (Phi) is 4.93. The van der Waals surface area contributed by atoms with Crippen LogP contribution >= 0.6 is 27.5 Å². The highest BCUT2D eigenvalue weighted by molar-refractivity contribution is 9.10. The number of nitrogens with one attached hydrogen (secondary N) is 1. The van der Waals surface area contributed by atoms with Crippen molar-refractivity contribution in [3.63, 3.8) is 0 Å². The monoisotopic (exact) mass is 388 g/mol. The number of nitrogen functional groups attached to an aromatic ring is 1. The third-order valence-electron chi connectivity index (χ3n) is 2.98. The number of halogens is 2. The van der Waals surface area contributed by atoms with Crippen LogP contribution in [0.15, 0.2) is 51.8 Å². The molecule has 0 radical (unpaired) electrons. The highest BCUT2D eigenvalue weighted by Gasteiger charge is 2.19. The van der Waals surface area contributed by atoms with Crippen LogP contribution in [-0.4, -0.2) is 8.42 Å². The summed E-state index contributed by atoms with van der Waals surface area (Å²) in [7, 11) is -3.66. The van der Waals surface area contributed by atoms with Crippen LogP contribution in [0.3, 0.4) is 0 Å². The first-order valence-corrected chi connectivity index (χ1v) is 8.78. The second-order valence-corrected chi connectivity index (χ2v) is 7.61. The number of sulfonamides is 1. The minimum absolute atomic E-state index is 0.0911. The first-order valence-electron chi connectivity index (χ1n) is 6.12. The van der Waals surface area contributed by atoms with Crippen LogP contribution in [0.25, 0.3) is 0 Å². The van der Waals surface area contributed by atoms with E-state index in [0.717, 1.165) is 10.0 Å². The minimum atomic E-state index is -3.66. The van der Waals surface area contributed by atoms with Crippen molar-refractivity contribution in [2.45, 2.75) is 17.9 Å². The van der Waals surface area contributed by atoms with Gasteiger partial charge in [0.15, 0.2) is 0 Å². The van der Waals surface area contributed by atoms with E-state index in [1.165, 1.54) is 18.2 Å². The van der Waals surface area contributed by atoms with Crippen LogP contribution in [0.5, 0.6) is 0 Å². The molecule has 0 aromatic heterocycles. The Morgan fingerprint density at radius 3 is 2.38 bits per heavy atom. The molecule has 0 fully saturated rings. The second-order valence-electron chi connectivity index (χ2n) is 4.58. The van der Waals surface area contributed by atoms with E-state index in [-0.39, 0.29) is 16.6 Å². The van der Waals surface area contributed by atoms with Gasteiger partial charge in [0.05, 0.1) is 15.6 Å². The summed E-state index contributed by atoms with van der Waals surface area (Å²) < 4.78 is 28.2. The maximum atomic E-state index is 12.3. The Balaban J connectivity index is 2.24. The molecule has 2 aromatic rings. The van der Waals surface area contributed by atoms with Crippen molar-refractivity contribution in [3.05, 3.63) is 57.5 Å². The Bertz CT molecular complexity index is 748. The summed E-state index contributed by atoms with van der Waals surface area (Å²) in [4.78, 5) is 0.0911. The van der Waals surface area contributed by atoms with Crippen LogP contribution in [-0.2, 0) is 10.0 Å². The third-order valence-corrected chi connectivity index (χ3v) is 5.39. The van der Waals surface area contributed by atoms with E-state index >= 15 is 0 Å². The van der Waals surface area contributed by atoms with Gasteiger partial charge in [0.25, 0.3) is 0 Å². The molecule has 2 rings (SSSR count). The highest BCUT2D eigenvalue weighted by atomic mass is 79.9. The quantitative estimate of drug-likeness (QED) is 0.783. The Hall–Kier alpha value is -1.08. The molecule has 0 saturated carbocycles. The van der Waals surface area contributed by atoms with Gasteiger partial charge in [0.1, 0.15) is 0 Å². The lowest BCUT2D eigenvalue weighted by atomic mass is 10.1. The van der Waals surface area contributed by atoms with E-state index < -0.39 is 10.0 Å². The predicted octanol–water partition coefficient (Wildman–Crippen LogP) is 3.72. The fourth-order valence-electron chi connectivity index (χ4n) is 1.81. The molecule has 0 spiro atoms. The summed E-state index contributed by atoms with van der Waals surface area (Å²) in [5.41, 5.74) is 6.74. The molecule has 0 heterocycles. The molecule has 0 aliphatic heterocycles. The lowest BCUT2D eigenvalue weighted by molar-refractivity contribution is 0.567. The molecule has 112 valence electrons. The van der Waals surface area contributed by atoms with Crippen molar-refractivity contribution in [2.75, 3.05) is 5.73 Å². The molecular weight excluding hydrogens is 376 g/mol. The van der Waals surface area contributed by atoms with Gasteiger partial charge >= 0.3 is 0 Å². The molecule has 0 aliphatic carbocycles. The maximum Gasteiger partial charge on any atom is 0.241 e. The Labute approximate surface area is 137 Å². The van der Waals surface area contributed by atoms with Gasteiger partial charge in [-0.2, -0.15) is 0 Å². The van der Waals surface area contributed by atoms with Gasteiger partial charge in [-0.15, -0.1) is 0 Å². The standard InChI is InChI=1S/C14H14BrClN2O2S/c1-9(10-2-4-11(15)5-3-10)18-21(19,20)12-6-7-13(16)14(17)8-12/h2-9,18H,17H2,1H3/t9-/m1/s1. The molecule has 0 bridgehead atoms. The van der Waals surface area contributed by atoms with Gasteiger partial charge in [0.2, 0.25) is 10.0 Å². The SMILES string of the molecule is C[C@@H](NS(=O)(=O)c1ccc(Cl)c(N)c1)c1ccc(Br)cc1. The smallest absolute Gasteiger partial charge is 0.241 e. The van der Waals surface area contributed by atoms with E-state index in [9.17, 15) is 8.42 Å². The Morgan fingerprint density at radius 2 is 1.81 bits per heavy atom. The van der Waals surface area contributed by atoms with E-state index in [4.69, 9.17) is 17.3 Å². The molecular formula is C14H14BrClN2O2S. The maximum absolute atomic E-state index is 12.3. The Morgan fingerprint density at radius 1 is 1.19 bits per heavy atom. The van der Waals surface area contributed by atoms with Gasteiger partial charge < -0.3 is 5.73 Å². The van der Waals surface area contributed by atoms with Crippen molar-refractivity contribution >= 4 is 43.2 Å². The summed E-state index contributed by atoms with van der Waals surface area (Å²) in [6.07, 6.45) is 0. The normalized spacial score (nSPS) is 13.1. The molecule has 21 heavy (non-hydrogen) atoms. The number of hydrogen-bond acceptors (Lipinski definition) is 3. The molecule has 1 atom stereocenters. The molecule has 0 saturated heterocycles. The zero-order valence-electron chi connectivity index (χ0n) is 11.2. The highest BCUT2D eigenvalue weighted by Crippen LogP contribution is 2.24. The first-order chi connectivity index (χ1) is 9.79. The summed E-state index contributed by atoms with van der Waals surface area (Å²) in [5.74, 6) is 0. The average molecular weight is 390 g/mol. The number of benzene rings is 2. The number of rotatable bonds is 4. The van der Waals surface area contributed by atoms with Crippen LogP contribution in [0.1, 0.15) is 18.5 Å². The summed E-state index contributed by atoms with van der Waals surface area (Å²) >= 11 is 9.14. The van der Waals surface area contributed by atoms with Crippen LogP contribution in [0.2, 0.25) is 5.02 Å². The van der Waals surface area contributed by atoms with Crippen molar-refractivity contribution in [3.8, 4) is 0 Å². The predicted molar refractivity (Wildman–Crippen MR) is 88.7 cm³/mol. The summed E-state index contributed by atoms with van der Waals surface area (Å²) in [6.45, 7) is 1.78. The van der Waals surface area contributed by atoms with E-state index in [0.29, 0.717) is 5.02 Å². The third kappa shape index (κ3) is 3.97. The topological polar surface area (TPSA) is 72.2 Å².